The molecule has 0 amide bonds. The van der Waals surface area contributed by atoms with Gasteiger partial charge in [-0.25, -0.2) is 4.98 Å². The Labute approximate surface area is 145 Å². The number of carbonyl (C=O) groups is 1. The van der Waals surface area contributed by atoms with Gasteiger partial charge < -0.3 is 14.6 Å². The molecule has 0 unspecified atom stereocenters. The first-order chi connectivity index (χ1) is 11.6. The maximum atomic E-state index is 11.1. The van der Waals surface area contributed by atoms with Crippen LogP contribution >= 0.6 is 0 Å². The van der Waals surface area contributed by atoms with Crippen LogP contribution < -0.4 is 9.47 Å². The molecule has 1 aromatic rings. The van der Waals surface area contributed by atoms with Crippen molar-refractivity contribution in [1.82, 2.24) is 4.98 Å². The summed E-state index contributed by atoms with van der Waals surface area (Å²) in [4.78, 5) is 15.2. The second kappa shape index (κ2) is 11.8. The van der Waals surface area contributed by atoms with Crippen LogP contribution in [0.4, 0.5) is 0 Å². The first kappa shape index (κ1) is 20.4. The highest BCUT2D eigenvalue weighted by molar-refractivity contribution is 5.69. The molecule has 1 rings (SSSR count). The van der Waals surface area contributed by atoms with E-state index in [0.717, 1.165) is 42.6 Å². The lowest BCUT2D eigenvalue weighted by Gasteiger charge is -2.14. The molecular weight excluding hydrogens is 306 g/mol. The van der Waals surface area contributed by atoms with Crippen molar-refractivity contribution in [2.45, 2.75) is 72.1 Å². The van der Waals surface area contributed by atoms with Crippen molar-refractivity contribution >= 4 is 5.97 Å². The molecule has 5 heteroatoms. The van der Waals surface area contributed by atoms with Crippen LogP contribution in [-0.4, -0.2) is 29.3 Å². The standard InChI is InChI=1S/C19H31NO4/c1-15-14-20-19(24-17(3)22)16(2)18(15)23-13-11-9-7-5-4-6-8-10-12-21/h14,21H,4-13H2,1-3H3. The van der Waals surface area contributed by atoms with E-state index in [-0.39, 0.29) is 5.97 Å². The largest absolute Gasteiger partial charge is 0.493 e. The number of aromatic nitrogens is 1. The summed E-state index contributed by atoms with van der Waals surface area (Å²) in [6.07, 6.45) is 10.8. The van der Waals surface area contributed by atoms with Gasteiger partial charge in [-0.1, -0.05) is 38.5 Å². The number of nitrogens with zero attached hydrogens (tertiary/aromatic N) is 1. The predicted octanol–water partition coefficient (Wildman–Crippen LogP) is 4.12. The molecule has 0 aliphatic heterocycles. The average Bonchev–Trinajstić information content (AvgIpc) is 2.54. The minimum Gasteiger partial charge on any atom is -0.493 e. The summed E-state index contributed by atoms with van der Waals surface area (Å²) in [5.41, 5.74) is 1.72. The molecule has 1 N–H and O–H groups in total. The third-order valence-corrected chi connectivity index (χ3v) is 3.93. The van der Waals surface area contributed by atoms with E-state index in [1.807, 2.05) is 13.8 Å². The Hall–Kier alpha value is -1.62. The zero-order valence-corrected chi connectivity index (χ0v) is 15.3. The first-order valence-electron chi connectivity index (χ1n) is 8.94. The normalized spacial score (nSPS) is 10.7. The Kier molecular flexibility index (Phi) is 10.1. The van der Waals surface area contributed by atoms with Crippen LogP contribution in [-0.2, 0) is 4.79 Å². The number of aliphatic hydroxyl groups is 1. The molecule has 1 aromatic heterocycles. The molecular formula is C19H31NO4. The predicted molar refractivity (Wildman–Crippen MR) is 94.5 cm³/mol. The topological polar surface area (TPSA) is 68.7 Å². The number of unbranched alkanes of at least 4 members (excludes halogenated alkanes) is 7. The molecule has 0 spiro atoms. The summed E-state index contributed by atoms with van der Waals surface area (Å²) in [5, 5.41) is 8.72. The highest BCUT2D eigenvalue weighted by Crippen LogP contribution is 2.29. The van der Waals surface area contributed by atoms with Crippen molar-refractivity contribution in [2.24, 2.45) is 0 Å². The van der Waals surface area contributed by atoms with E-state index in [0.29, 0.717) is 19.1 Å². The fraction of sp³-hybridized carbons (Fsp3) is 0.684. The fourth-order valence-corrected chi connectivity index (χ4v) is 2.61. The van der Waals surface area contributed by atoms with Crippen molar-refractivity contribution < 1.29 is 19.4 Å². The number of rotatable bonds is 12. The summed E-state index contributed by atoms with van der Waals surface area (Å²) >= 11 is 0. The minimum absolute atomic E-state index is 0.310. The average molecular weight is 337 g/mol. The van der Waals surface area contributed by atoms with Gasteiger partial charge in [0.15, 0.2) is 0 Å². The number of hydrogen-bond donors (Lipinski definition) is 1. The van der Waals surface area contributed by atoms with Crippen LogP contribution in [0.2, 0.25) is 0 Å². The Morgan fingerprint density at radius 1 is 1.04 bits per heavy atom. The maximum Gasteiger partial charge on any atom is 0.309 e. The molecule has 0 fully saturated rings. The van der Waals surface area contributed by atoms with Crippen LogP contribution in [0.3, 0.4) is 0 Å². The molecule has 0 saturated carbocycles. The molecule has 0 bridgehead atoms. The number of hydrogen-bond acceptors (Lipinski definition) is 5. The van der Waals surface area contributed by atoms with Gasteiger partial charge in [0.05, 0.1) is 12.2 Å². The van der Waals surface area contributed by atoms with Crippen LogP contribution in [0.25, 0.3) is 0 Å². The summed E-state index contributed by atoms with van der Waals surface area (Å²) in [6.45, 7) is 6.14. The van der Waals surface area contributed by atoms with E-state index in [4.69, 9.17) is 14.6 Å². The molecule has 0 aliphatic rings. The van der Waals surface area contributed by atoms with E-state index < -0.39 is 0 Å². The van der Waals surface area contributed by atoms with Gasteiger partial charge in [-0.3, -0.25) is 4.79 Å². The molecule has 136 valence electrons. The van der Waals surface area contributed by atoms with Gasteiger partial charge >= 0.3 is 5.97 Å². The Balaban J connectivity index is 2.26. The summed E-state index contributed by atoms with van der Waals surface area (Å²) in [5.74, 6) is 0.718. The smallest absolute Gasteiger partial charge is 0.309 e. The lowest BCUT2D eigenvalue weighted by atomic mass is 10.1. The second-order valence-corrected chi connectivity index (χ2v) is 6.19. The van der Waals surface area contributed by atoms with Gasteiger partial charge in [0.1, 0.15) is 5.75 Å². The van der Waals surface area contributed by atoms with Crippen molar-refractivity contribution in [1.29, 1.82) is 0 Å². The Morgan fingerprint density at radius 2 is 1.62 bits per heavy atom. The highest BCUT2D eigenvalue weighted by atomic mass is 16.5. The molecule has 1 heterocycles. The minimum atomic E-state index is -0.376. The van der Waals surface area contributed by atoms with Crippen LogP contribution in [0.15, 0.2) is 6.20 Å². The van der Waals surface area contributed by atoms with Gasteiger partial charge in [-0.2, -0.15) is 0 Å². The highest BCUT2D eigenvalue weighted by Gasteiger charge is 2.12. The number of pyridine rings is 1. The lowest BCUT2D eigenvalue weighted by Crippen LogP contribution is -2.07. The van der Waals surface area contributed by atoms with Gasteiger partial charge in [-0.05, 0) is 26.7 Å². The van der Waals surface area contributed by atoms with Crippen molar-refractivity contribution in [3.63, 3.8) is 0 Å². The van der Waals surface area contributed by atoms with E-state index in [2.05, 4.69) is 4.98 Å². The number of esters is 1. The molecule has 0 atom stereocenters. The van der Waals surface area contributed by atoms with Crippen molar-refractivity contribution in [3.05, 3.63) is 17.3 Å². The summed E-state index contributed by atoms with van der Waals surface area (Å²) < 4.78 is 11.0. The monoisotopic (exact) mass is 337 g/mol. The second-order valence-electron chi connectivity index (χ2n) is 6.19. The Morgan fingerprint density at radius 3 is 2.21 bits per heavy atom. The van der Waals surface area contributed by atoms with E-state index in [1.165, 1.54) is 32.6 Å². The van der Waals surface area contributed by atoms with E-state index in [1.54, 1.807) is 6.20 Å². The first-order valence-corrected chi connectivity index (χ1v) is 8.94. The number of aryl methyl sites for hydroxylation is 1. The fourth-order valence-electron chi connectivity index (χ4n) is 2.61. The molecule has 0 radical (unpaired) electrons. The quantitative estimate of drug-likeness (QED) is 0.459. The molecule has 0 saturated heterocycles. The number of carbonyl (C=O) groups excluding carboxylic acids is 1. The van der Waals surface area contributed by atoms with Gasteiger partial charge in [0.2, 0.25) is 5.88 Å². The van der Waals surface area contributed by atoms with Gasteiger partial charge in [0.25, 0.3) is 0 Å². The van der Waals surface area contributed by atoms with Crippen LogP contribution in [0.1, 0.15) is 69.4 Å². The Bertz CT molecular complexity index is 502. The van der Waals surface area contributed by atoms with E-state index in [9.17, 15) is 4.79 Å². The number of aliphatic hydroxyl groups excluding tert-OH is 1. The van der Waals surface area contributed by atoms with E-state index >= 15 is 0 Å². The van der Waals surface area contributed by atoms with Crippen LogP contribution in [0, 0.1) is 13.8 Å². The van der Waals surface area contributed by atoms with Crippen molar-refractivity contribution in [2.75, 3.05) is 13.2 Å². The molecule has 0 aliphatic carbocycles. The molecule has 0 aromatic carbocycles. The molecule has 24 heavy (non-hydrogen) atoms. The van der Waals surface area contributed by atoms with Gasteiger partial charge in [-0.15, -0.1) is 0 Å². The summed E-state index contributed by atoms with van der Waals surface area (Å²) in [7, 11) is 0. The van der Waals surface area contributed by atoms with Crippen LogP contribution in [0.5, 0.6) is 11.6 Å². The SMILES string of the molecule is CC(=O)Oc1ncc(C)c(OCCCCCCCCCCO)c1C. The third kappa shape index (κ3) is 7.77. The lowest BCUT2D eigenvalue weighted by molar-refractivity contribution is -0.132. The van der Waals surface area contributed by atoms with Crippen molar-refractivity contribution in [3.8, 4) is 11.6 Å². The number of ether oxygens (including phenoxy) is 2. The molecule has 5 nitrogen and oxygen atoms in total. The zero-order valence-electron chi connectivity index (χ0n) is 15.3. The maximum absolute atomic E-state index is 11.1. The van der Waals surface area contributed by atoms with Gasteiger partial charge in [0, 0.05) is 25.3 Å². The summed E-state index contributed by atoms with van der Waals surface area (Å²) in [6, 6.07) is 0. The third-order valence-electron chi connectivity index (χ3n) is 3.93. The zero-order chi connectivity index (χ0) is 17.8.